The Morgan fingerprint density at radius 3 is 3.00 bits per heavy atom. The maximum absolute atomic E-state index is 4.54. The molecule has 1 aliphatic heterocycles. The highest BCUT2D eigenvalue weighted by Crippen LogP contribution is 2.33. The van der Waals surface area contributed by atoms with Gasteiger partial charge in [-0.3, -0.25) is 4.68 Å². The zero-order valence-electron chi connectivity index (χ0n) is 9.08. The van der Waals surface area contributed by atoms with E-state index < -0.39 is 0 Å². The van der Waals surface area contributed by atoms with Crippen LogP contribution in [0.5, 0.6) is 0 Å². The molecule has 14 heavy (non-hydrogen) atoms. The Kier molecular flexibility index (Phi) is 2.59. The van der Waals surface area contributed by atoms with Gasteiger partial charge in [0.1, 0.15) is 0 Å². The first-order chi connectivity index (χ1) is 6.77. The lowest BCUT2D eigenvalue weighted by molar-refractivity contribution is 0.342. The lowest BCUT2D eigenvalue weighted by Crippen LogP contribution is -2.37. The second kappa shape index (κ2) is 3.73. The highest BCUT2D eigenvalue weighted by atomic mass is 15.3. The van der Waals surface area contributed by atoms with E-state index in [1.165, 1.54) is 31.4 Å². The highest BCUT2D eigenvalue weighted by Gasteiger charge is 2.36. The summed E-state index contributed by atoms with van der Waals surface area (Å²) in [4.78, 5) is 0. The first-order valence-corrected chi connectivity index (χ1v) is 5.52. The quantitative estimate of drug-likeness (QED) is 0.793. The third kappa shape index (κ3) is 1.57. The highest BCUT2D eigenvalue weighted by molar-refractivity contribution is 5.15. The predicted molar refractivity (Wildman–Crippen MR) is 57.0 cm³/mol. The second-order valence-electron chi connectivity index (χ2n) is 4.24. The fourth-order valence-corrected chi connectivity index (χ4v) is 2.46. The van der Waals surface area contributed by atoms with Gasteiger partial charge in [-0.1, -0.05) is 13.3 Å². The molecule has 1 saturated heterocycles. The van der Waals surface area contributed by atoms with Gasteiger partial charge in [0.2, 0.25) is 0 Å². The first-order valence-electron chi connectivity index (χ1n) is 5.52. The van der Waals surface area contributed by atoms with Crippen molar-refractivity contribution in [3.8, 4) is 0 Å². The Morgan fingerprint density at radius 1 is 1.64 bits per heavy atom. The summed E-state index contributed by atoms with van der Waals surface area (Å²) in [7, 11) is 1.98. The number of aryl methyl sites for hydroxylation is 1. The maximum Gasteiger partial charge on any atom is 0.0825 e. The van der Waals surface area contributed by atoms with Crippen LogP contribution in [0, 0.1) is 0 Å². The molecule has 1 aliphatic rings. The van der Waals surface area contributed by atoms with Crippen molar-refractivity contribution in [2.24, 2.45) is 7.05 Å². The van der Waals surface area contributed by atoms with E-state index in [4.69, 9.17) is 0 Å². The number of nitrogens with zero attached hydrogens (tertiary/aromatic N) is 2. The third-order valence-corrected chi connectivity index (χ3v) is 3.12. The molecule has 3 heteroatoms. The summed E-state index contributed by atoms with van der Waals surface area (Å²) in [6, 6.07) is 2.15. The molecule has 0 amide bonds. The number of hydrogen-bond acceptors (Lipinski definition) is 2. The first kappa shape index (κ1) is 9.71. The van der Waals surface area contributed by atoms with Crippen LogP contribution in [0.2, 0.25) is 0 Å². The molecule has 0 bridgehead atoms. The van der Waals surface area contributed by atoms with Crippen LogP contribution in [-0.4, -0.2) is 16.3 Å². The second-order valence-corrected chi connectivity index (χ2v) is 4.24. The summed E-state index contributed by atoms with van der Waals surface area (Å²) >= 11 is 0. The van der Waals surface area contributed by atoms with E-state index in [2.05, 4.69) is 23.4 Å². The Bertz CT molecular complexity index is 297. The van der Waals surface area contributed by atoms with E-state index in [9.17, 15) is 0 Å². The van der Waals surface area contributed by atoms with Crippen molar-refractivity contribution in [1.82, 2.24) is 15.1 Å². The van der Waals surface area contributed by atoms with Crippen LogP contribution in [0.1, 0.15) is 38.3 Å². The molecule has 0 aliphatic carbocycles. The van der Waals surface area contributed by atoms with E-state index in [0.717, 1.165) is 6.54 Å². The number of hydrogen-bond donors (Lipinski definition) is 1. The number of rotatable bonds is 3. The Balaban J connectivity index is 2.26. The van der Waals surface area contributed by atoms with Gasteiger partial charge in [-0.25, -0.2) is 0 Å². The van der Waals surface area contributed by atoms with E-state index in [-0.39, 0.29) is 5.54 Å². The smallest absolute Gasteiger partial charge is 0.0825 e. The minimum absolute atomic E-state index is 0.177. The molecule has 78 valence electrons. The molecular formula is C11H19N3. The van der Waals surface area contributed by atoms with Crippen LogP contribution < -0.4 is 5.32 Å². The summed E-state index contributed by atoms with van der Waals surface area (Å²) in [5.74, 6) is 0. The molecular weight excluding hydrogens is 174 g/mol. The van der Waals surface area contributed by atoms with Gasteiger partial charge in [0, 0.05) is 13.2 Å². The van der Waals surface area contributed by atoms with Crippen LogP contribution in [-0.2, 0) is 12.6 Å². The summed E-state index contributed by atoms with van der Waals surface area (Å²) in [6.07, 6.45) is 6.95. The third-order valence-electron chi connectivity index (χ3n) is 3.12. The largest absolute Gasteiger partial charge is 0.306 e. The number of nitrogens with one attached hydrogen (secondary N) is 1. The zero-order valence-corrected chi connectivity index (χ0v) is 9.08. The van der Waals surface area contributed by atoms with Crippen molar-refractivity contribution in [3.63, 3.8) is 0 Å². The monoisotopic (exact) mass is 193 g/mol. The molecule has 3 nitrogen and oxygen atoms in total. The number of aromatic nitrogens is 2. The van der Waals surface area contributed by atoms with E-state index in [0.29, 0.717) is 0 Å². The van der Waals surface area contributed by atoms with Crippen molar-refractivity contribution < 1.29 is 0 Å². The standard InChI is InChI=1S/C11H19N3/c1-3-6-11(7-4-8-12-11)10-5-9-14(2)13-10/h5,9,12H,3-4,6-8H2,1-2H3. The van der Waals surface area contributed by atoms with E-state index in [1.807, 2.05) is 17.9 Å². The van der Waals surface area contributed by atoms with Crippen molar-refractivity contribution in [1.29, 1.82) is 0 Å². The van der Waals surface area contributed by atoms with Crippen LogP contribution in [0.25, 0.3) is 0 Å². The summed E-state index contributed by atoms with van der Waals surface area (Å²) in [5, 5.41) is 8.16. The van der Waals surface area contributed by atoms with Crippen LogP contribution in [0.4, 0.5) is 0 Å². The average molecular weight is 193 g/mol. The van der Waals surface area contributed by atoms with Gasteiger partial charge in [-0.2, -0.15) is 5.10 Å². The van der Waals surface area contributed by atoms with Gasteiger partial charge in [-0.05, 0) is 31.9 Å². The van der Waals surface area contributed by atoms with Crippen LogP contribution >= 0.6 is 0 Å². The Hall–Kier alpha value is -0.830. The molecule has 1 aromatic rings. The topological polar surface area (TPSA) is 29.9 Å². The molecule has 2 rings (SSSR count). The average Bonchev–Trinajstić information content (AvgIpc) is 2.75. The van der Waals surface area contributed by atoms with E-state index >= 15 is 0 Å². The maximum atomic E-state index is 4.54. The molecule has 1 atom stereocenters. The fourth-order valence-electron chi connectivity index (χ4n) is 2.46. The molecule has 1 fully saturated rings. The summed E-state index contributed by atoms with van der Waals surface area (Å²) < 4.78 is 1.90. The SMILES string of the molecule is CCCC1(c2ccn(C)n2)CCCN1. The van der Waals surface area contributed by atoms with Gasteiger partial charge in [0.05, 0.1) is 11.2 Å². The lowest BCUT2D eigenvalue weighted by atomic mass is 9.88. The Labute approximate surface area is 85.5 Å². The Morgan fingerprint density at radius 2 is 2.50 bits per heavy atom. The van der Waals surface area contributed by atoms with E-state index in [1.54, 1.807) is 0 Å². The molecule has 0 radical (unpaired) electrons. The molecule has 1 unspecified atom stereocenters. The molecule has 2 heterocycles. The van der Waals surface area contributed by atoms with Crippen molar-refractivity contribution >= 4 is 0 Å². The van der Waals surface area contributed by atoms with Crippen LogP contribution in [0.3, 0.4) is 0 Å². The summed E-state index contributed by atoms with van der Waals surface area (Å²) in [6.45, 7) is 3.38. The molecule has 0 saturated carbocycles. The van der Waals surface area contributed by atoms with Gasteiger partial charge >= 0.3 is 0 Å². The molecule has 0 aromatic carbocycles. The lowest BCUT2D eigenvalue weighted by Gasteiger charge is -2.27. The van der Waals surface area contributed by atoms with Crippen LogP contribution in [0.15, 0.2) is 12.3 Å². The zero-order chi connectivity index (χ0) is 10.0. The van der Waals surface area contributed by atoms with Gasteiger partial charge in [0.25, 0.3) is 0 Å². The fraction of sp³-hybridized carbons (Fsp3) is 0.727. The van der Waals surface area contributed by atoms with Crippen molar-refractivity contribution in [2.45, 2.75) is 38.1 Å². The molecule has 1 aromatic heterocycles. The van der Waals surface area contributed by atoms with Crippen molar-refractivity contribution in [3.05, 3.63) is 18.0 Å². The van der Waals surface area contributed by atoms with Crippen molar-refractivity contribution in [2.75, 3.05) is 6.54 Å². The van der Waals surface area contributed by atoms with Gasteiger partial charge in [-0.15, -0.1) is 0 Å². The minimum atomic E-state index is 0.177. The molecule has 1 N–H and O–H groups in total. The normalized spacial score (nSPS) is 27.0. The minimum Gasteiger partial charge on any atom is -0.306 e. The van der Waals surface area contributed by atoms with Gasteiger partial charge in [0.15, 0.2) is 0 Å². The van der Waals surface area contributed by atoms with Gasteiger partial charge < -0.3 is 5.32 Å². The summed E-state index contributed by atoms with van der Waals surface area (Å²) in [5.41, 5.74) is 1.40. The molecule has 0 spiro atoms. The predicted octanol–water partition coefficient (Wildman–Crippen LogP) is 1.80.